The lowest BCUT2D eigenvalue weighted by atomic mass is 9.85. The van der Waals surface area contributed by atoms with Crippen molar-refractivity contribution in [3.8, 4) is 0 Å². The molecule has 1 fully saturated rings. The van der Waals surface area contributed by atoms with Crippen LogP contribution in [0, 0.1) is 17.8 Å². The minimum absolute atomic E-state index is 0.160. The molecule has 5 unspecified atom stereocenters. The molecule has 3 N–H and O–H groups in total. The molecule has 0 saturated heterocycles. The first kappa shape index (κ1) is 16.9. The van der Waals surface area contributed by atoms with Gasteiger partial charge >= 0.3 is 0 Å². The topological polar surface area (TPSA) is 61.7 Å². The van der Waals surface area contributed by atoms with Crippen LogP contribution in [0.2, 0.25) is 0 Å². The Balaban J connectivity index is 1.51. The lowest BCUT2D eigenvalue weighted by Crippen LogP contribution is -2.35. The van der Waals surface area contributed by atoms with Gasteiger partial charge in [-0.25, -0.2) is 0 Å². The van der Waals surface area contributed by atoms with Gasteiger partial charge < -0.3 is 20.3 Å². The zero-order valence-corrected chi connectivity index (χ0v) is 13.2. The molecule has 21 heavy (non-hydrogen) atoms. The van der Waals surface area contributed by atoms with Crippen molar-refractivity contribution in [2.75, 3.05) is 26.3 Å². The first-order valence-corrected chi connectivity index (χ1v) is 8.46. The fourth-order valence-electron chi connectivity index (χ4n) is 3.34. The molecule has 4 heteroatoms. The second-order valence-corrected chi connectivity index (χ2v) is 6.79. The number of nitrogens with one attached hydrogen (secondary N) is 1. The summed E-state index contributed by atoms with van der Waals surface area (Å²) in [4.78, 5) is 0. The van der Waals surface area contributed by atoms with Crippen molar-refractivity contribution < 1.29 is 14.9 Å². The van der Waals surface area contributed by atoms with Crippen LogP contribution in [-0.4, -0.2) is 48.7 Å². The van der Waals surface area contributed by atoms with E-state index in [1.165, 1.54) is 0 Å². The van der Waals surface area contributed by atoms with Gasteiger partial charge in [0.25, 0.3) is 0 Å². The van der Waals surface area contributed by atoms with E-state index >= 15 is 0 Å². The molecule has 122 valence electrons. The molecule has 0 aromatic carbocycles. The summed E-state index contributed by atoms with van der Waals surface area (Å²) in [5, 5.41) is 22.9. The lowest BCUT2D eigenvalue weighted by Gasteiger charge is -2.25. The van der Waals surface area contributed by atoms with E-state index < -0.39 is 6.10 Å². The molecule has 0 bridgehead atoms. The van der Waals surface area contributed by atoms with E-state index in [0.717, 1.165) is 45.3 Å². The molecule has 0 aromatic heterocycles. The van der Waals surface area contributed by atoms with E-state index in [4.69, 9.17) is 4.74 Å². The first-order chi connectivity index (χ1) is 10.2. The third-order valence-corrected chi connectivity index (χ3v) is 4.97. The van der Waals surface area contributed by atoms with Gasteiger partial charge in [-0.15, -0.1) is 0 Å². The Morgan fingerprint density at radius 1 is 1.24 bits per heavy atom. The summed E-state index contributed by atoms with van der Waals surface area (Å²) in [5.74, 6) is 1.62. The molecule has 2 aliphatic carbocycles. The number of rotatable bonds is 8. The summed E-state index contributed by atoms with van der Waals surface area (Å²) < 4.78 is 5.68. The summed E-state index contributed by atoms with van der Waals surface area (Å²) >= 11 is 0. The van der Waals surface area contributed by atoms with Crippen molar-refractivity contribution in [1.82, 2.24) is 5.32 Å². The van der Waals surface area contributed by atoms with Crippen molar-refractivity contribution in [3.63, 3.8) is 0 Å². The number of hydrogen-bond acceptors (Lipinski definition) is 4. The molecule has 5 atom stereocenters. The van der Waals surface area contributed by atoms with Crippen LogP contribution >= 0.6 is 0 Å². The Kier molecular flexibility index (Phi) is 7.17. The molecule has 0 amide bonds. The molecule has 2 rings (SSSR count). The van der Waals surface area contributed by atoms with E-state index in [2.05, 4.69) is 24.4 Å². The lowest BCUT2D eigenvalue weighted by molar-refractivity contribution is 0.0120. The molecule has 1 saturated carbocycles. The quantitative estimate of drug-likeness (QED) is 0.597. The second kappa shape index (κ2) is 8.89. The number of aliphatic hydroxyl groups excluding tert-OH is 2. The third-order valence-electron chi connectivity index (χ3n) is 4.97. The molecule has 2 aliphatic rings. The third kappa shape index (κ3) is 5.70. The number of hydrogen-bond donors (Lipinski definition) is 3. The van der Waals surface area contributed by atoms with Crippen LogP contribution in [-0.2, 0) is 4.74 Å². The Hall–Kier alpha value is -0.420. The van der Waals surface area contributed by atoms with E-state index in [9.17, 15) is 10.2 Å². The summed E-state index contributed by atoms with van der Waals surface area (Å²) in [5.41, 5.74) is 0. The standard InChI is InChI=1S/C17H31NO3/c1-13-5-2-3-6-15(13)11-21-12-16(19)10-18-9-14-7-4-8-17(14)20/h2-3,13-20H,4-12H2,1H3. The number of aliphatic hydroxyl groups is 2. The maximum atomic E-state index is 9.92. The van der Waals surface area contributed by atoms with Gasteiger partial charge in [-0.1, -0.05) is 25.5 Å². The van der Waals surface area contributed by atoms with Gasteiger partial charge in [-0.05, 0) is 43.4 Å². The monoisotopic (exact) mass is 297 g/mol. The summed E-state index contributed by atoms with van der Waals surface area (Å²) in [6, 6.07) is 0. The minimum Gasteiger partial charge on any atom is -0.393 e. The minimum atomic E-state index is -0.460. The zero-order valence-electron chi connectivity index (χ0n) is 13.2. The van der Waals surface area contributed by atoms with Crippen molar-refractivity contribution >= 4 is 0 Å². The van der Waals surface area contributed by atoms with Gasteiger partial charge in [0.2, 0.25) is 0 Å². The summed E-state index contributed by atoms with van der Waals surface area (Å²) in [7, 11) is 0. The average molecular weight is 297 g/mol. The molecular formula is C17H31NO3. The highest BCUT2D eigenvalue weighted by Crippen LogP contribution is 2.25. The van der Waals surface area contributed by atoms with Gasteiger partial charge in [0.15, 0.2) is 0 Å². The number of ether oxygens (including phenoxy) is 1. The van der Waals surface area contributed by atoms with Crippen LogP contribution in [0.25, 0.3) is 0 Å². The van der Waals surface area contributed by atoms with Crippen LogP contribution in [0.3, 0.4) is 0 Å². The van der Waals surface area contributed by atoms with E-state index in [0.29, 0.717) is 30.9 Å². The fraction of sp³-hybridized carbons (Fsp3) is 0.882. The molecule has 0 aromatic rings. The van der Waals surface area contributed by atoms with Gasteiger partial charge in [0, 0.05) is 13.1 Å². The van der Waals surface area contributed by atoms with Crippen LogP contribution in [0.4, 0.5) is 0 Å². The van der Waals surface area contributed by atoms with Crippen molar-refractivity contribution in [2.45, 2.75) is 51.2 Å². The maximum Gasteiger partial charge on any atom is 0.0897 e. The predicted molar refractivity (Wildman–Crippen MR) is 84.1 cm³/mol. The fourth-order valence-corrected chi connectivity index (χ4v) is 3.34. The molecule has 0 spiro atoms. The Morgan fingerprint density at radius 3 is 2.76 bits per heavy atom. The Bertz CT molecular complexity index is 321. The van der Waals surface area contributed by atoms with E-state index in [1.54, 1.807) is 0 Å². The highest BCUT2D eigenvalue weighted by molar-refractivity contribution is 4.93. The molecule has 4 nitrogen and oxygen atoms in total. The van der Waals surface area contributed by atoms with Crippen LogP contribution < -0.4 is 5.32 Å². The largest absolute Gasteiger partial charge is 0.393 e. The summed E-state index contributed by atoms with van der Waals surface area (Å²) in [6.07, 6.45) is 9.23. The van der Waals surface area contributed by atoms with Gasteiger partial charge in [0.1, 0.15) is 0 Å². The average Bonchev–Trinajstić information content (AvgIpc) is 2.87. The summed E-state index contributed by atoms with van der Waals surface area (Å²) in [6.45, 7) is 4.74. The second-order valence-electron chi connectivity index (χ2n) is 6.79. The molecule has 0 heterocycles. The van der Waals surface area contributed by atoms with Crippen LogP contribution in [0.1, 0.15) is 39.0 Å². The highest BCUT2D eigenvalue weighted by atomic mass is 16.5. The zero-order chi connectivity index (χ0) is 15.1. The number of allylic oxidation sites excluding steroid dienone is 2. The SMILES string of the molecule is CC1CC=CCC1COCC(O)CNCC1CCCC1O. The van der Waals surface area contributed by atoms with Crippen molar-refractivity contribution in [2.24, 2.45) is 17.8 Å². The van der Waals surface area contributed by atoms with Crippen molar-refractivity contribution in [1.29, 1.82) is 0 Å². The first-order valence-electron chi connectivity index (χ1n) is 8.46. The molecule has 0 aliphatic heterocycles. The molecule has 0 radical (unpaired) electrons. The molecular weight excluding hydrogens is 266 g/mol. The van der Waals surface area contributed by atoms with Crippen molar-refractivity contribution in [3.05, 3.63) is 12.2 Å². The highest BCUT2D eigenvalue weighted by Gasteiger charge is 2.24. The van der Waals surface area contributed by atoms with E-state index in [-0.39, 0.29) is 6.10 Å². The predicted octanol–water partition coefficient (Wildman–Crippen LogP) is 1.72. The van der Waals surface area contributed by atoms with Gasteiger partial charge in [-0.2, -0.15) is 0 Å². The van der Waals surface area contributed by atoms with Gasteiger partial charge in [0.05, 0.1) is 25.4 Å². The van der Waals surface area contributed by atoms with Crippen LogP contribution in [0.5, 0.6) is 0 Å². The maximum absolute atomic E-state index is 9.92. The van der Waals surface area contributed by atoms with E-state index in [1.807, 2.05) is 0 Å². The Morgan fingerprint density at radius 2 is 2.05 bits per heavy atom. The smallest absolute Gasteiger partial charge is 0.0897 e. The van der Waals surface area contributed by atoms with Crippen LogP contribution in [0.15, 0.2) is 12.2 Å². The Labute approximate surface area is 128 Å². The van der Waals surface area contributed by atoms with Gasteiger partial charge in [-0.3, -0.25) is 0 Å². The normalized spacial score (nSPS) is 34.2.